The summed E-state index contributed by atoms with van der Waals surface area (Å²) in [7, 11) is 2.08. The number of hydrogen-bond donors (Lipinski definition) is 1. The van der Waals surface area contributed by atoms with Crippen LogP contribution in [-0.4, -0.2) is 64.6 Å². The second kappa shape index (κ2) is 5.38. The highest BCUT2D eigenvalue weighted by Crippen LogP contribution is 2.23. The van der Waals surface area contributed by atoms with Gasteiger partial charge in [0.2, 0.25) is 5.89 Å². The van der Waals surface area contributed by atoms with Crippen molar-refractivity contribution in [2.45, 2.75) is 38.3 Å². The monoisotopic (exact) mass is 293 g/mol. The van der Waals surface area contributed by atoms with E-state index in [0.717, 1.165) is 25.9 Å². The molecule has 1 atom stereocenters. The first-order valence-corrected chi connectivity index (χ1v) is 7.55. The average Bonchev–Trinajstić information content (AvgIpc) is 3.10. The van der Waals surface area contributed by atoms with Crippen molar-refractivity contribution in [2.75, 3.05) is 33.2 Å². The lowest BCUT2D eigenvalue weighted by Gasteiger charge is -2.44. The summed E-state index contributed by atoms with van der Waals surface area (Å²) in [5.41, 5.74) is -0.0342. The number of nitrogens with zero attached hydrogens (tertiary/aromatic N) is 4. The molecule has 0 saturated carbocycles. The number of piperazine rings is 1. The largest absolute Gasteiger partial charge is 0.337 e. The smallest absolute Gasteiger partial charge is 0.295 e. The fourth-order valence-corrected chi connectivity index (χ4v) is 2.91. The third-order valence-corrected chi connectivity index (χ3v) is 4.60. The first-order valence-electron chi connectivity index (χ1n) is 7.55. The molecule has 0 bridgehead atoms. The number of carbonyl (C=O) groups is 1. The van der Waals surface area contributed by atoms with Crippen LogP contribution in [0.2, 0.25) is 0 Å². The molecule has 0 spiro atoms. The SMILES string of the molecule is CN1CCN(C(=O)c2noc(C3CCCN3)n2)CC1(C)C. The Hall–Kier alpha value is -1.47. The maximum absolute atomic E-state index is 12.5. The molecule has 0 radical (unpaired) electrons. The van der Waals surface area contributed by atoms with Gasteiger partial charge in [0.25, 0.3) is 11.7 Å². The Labute approximate surface area is 124 Å². The molecule has 21 heavy (non-hydrogen) atoms. The van der Waals surface area contributed by atoms with E-state index in [1.165, 1.54) is 0 Å². The van der Waals surface area contributed by atoms with Crippen LogP contribution in [0.25, 0.3) is 0 Å². The van der Waals surface area contributed by atoms with E-state index >= 15 is 0 Å². The highest BCUT2D eigenvalue weighted by atomic mass is 16.5. The number of likely N-dealkylation sites (N-methyl/N-ethyl adjacent to an activating group) is 1. The Morgan fingerprint density at radius 2 is 2.24 bits per heavy atom. The molecule has 2 aliphatic rings. The number of aromatic nitrogens is 2. The van der Waals surface area contributed by atoms with Gasteiger partial charge < -0.3 is 14.7 Å². The molecule has 3 rings (SSSR count). The molecule has 7 nitrogen and oxygen atoms in total. The molecule has 1 unspecified atom stereocenters. The Bertz CT molecular complexity index is 521. The van der Waals surface area contributed by atoms with Crippen LogP contribution >= 0.6 is 0 Å². The van der Waals surface area contributed by atoms with Crippen molar-refractivity contribution in [3.05, 3.63) is 11.7 Å². The summed E-state index contributed by atoms with van der Waals surface area (Å²) in [4.78, 5) is 20.9. The zero-order chi connectivity index (χ0) is 15.0. The van der Waals surface area contributed by atoms with E-state index in [4.69, 9.17) is 4.52 Å². The van der Waals surface area contributed by atoms with E-state index < -0.39 is 0 Å². The molecule has 1 N–H and O–H groups in total. The minimum absolute atomic E-state index is 0.0342. The standard InChI is InChI=1S/C14H23N5O2/c1-14(2)9-19(8-7-18(14)3)13(20)11-16-12(21-17-11)10-5-4-6-15-10/h10,15H,4-9H2,1-3H3. The molecule has 2 aliphatic heterocycles. The first-order chi connectivity index (χ1) is 9.97. The molecule has 1 amide bonds. The van der Waals surface area contributed by atoms with E-state index in [1.807, 2.05) is 4.90 Å². The van der Waals surface area contributed by atoms with Gasteiger partial charge in [-0.2, -0.15) is 4.98 Å². The maximum Gasteiger partial charge on any atom is 0.295 e. The number of amides is 1. The molecule has 2 saturated heterocycles. The van der Waals surface area contributed by atoms with Gasteiger partial charge in [-0.3, -0.25) is 9.69 Å². The number of rotatable bonds is 2. The third kappa shape index (κ3) is 2.80. The van der Waals surface area contributed by atoms with Gasteiger partial charge in [-0.1, -0.05) is 5.16 Å². The summed E-state index contributed by atoms with van der Waals surface area (Å²) in [5, 5.41) is 7.17. The van der Waals surface area contributed by atoms with E-state index in [0.29, 0.717) is 19.0 Å². The van der Waals surface area contributed by atoms with E-state index in [2.05, 4.69) is 41.3 Å². The fraction of sp³-hybridized carbons (Fsp3) is 0.786. The van der Waals surface area contributed by atoms with Crippen molar-refractivity contribution in [3.63, 3.8) is 0 Å². The molecule has 1 aromatic heterocycles. The molecule has 1 aromatic rings. The highest BCUT2D eigenvalue weighted by molar-refractivity contribution is 5.90. The number of hydrogen-bond acceptors (Lipinski definition) is 6. The number of carbonyl (C=O) groups excluding carboxylic acids is 1. The van der Waals surface area contributed by atoms with Crippen molar-refractivity contribution < 1.29 is 9.32 Å². The van der Waals surface area contributed by atoms with E-state index in [9.17, 15) is 4.79 Å². The van der Waals surface area contributed by atoms with Crippen LogP contribution in [0.15, 0.2) is 4.52 Å². The van der Waals surface area contributed by atoms with Crippen molar-refractivity contribution in [3.8, 4) is 0 Å². The van der Waals surface area contributed by atoms with Crippen molar-refractivity contribution in [1.29, 1.82) is 0 Å². The second-order valence-electron chi connectivity index (χ2n) is 6.57. The lowest BCUT2D eigenvalue weighted by Crippen LogP contribution is -2.59. The van der Waals surface area contributed by atoms with Crippen LogP contribution in [0.4, 0.5) is 0 Å². The lowest BCUT2D eigenvalue weighted by molar-refractivity contribution is 0.0300. The van der Waals surface area contributed by atoms with Gasteiger partial charge in [0.1, 0.15) is 0 Å². The van der Waals surface area contributed by atoms with Crippen LogP contribution in [0.3, 0.4) is 0 Å². The Morgan fingerprint density at radius 3 is 2.90 bits per heavy atom. The quantitative estimate of drug-likeness (QED) is 0.863. The van der Waals surface area contributed by atoms with Crippen molar-refractivity contribution in [1.82, 2.24) is 25.3 Å². The van der Waals surface area contributed by atoms with Gasteiger partial charge in [-0.25, -0.2) is 0 Å². The Balaban J connectivity index is 1.70. The summed E-state index contributed by atoms with van der Waals surface area (Å²) in [6.07, 6.45) is 2.08. The topological polar surface area (TPSA) is 74.5 Å². The molecule has 0 aromatic carbocycles. The van der Waals surface area contributed by atoms with Gasteiger partial charge >= 0.3 is 0 Å². The minimum Gasteiger partial charge on any atom is -0.337 e. The predicted octanol–water partition coefficient (Wildman–Crippen LogP) is 0.660. The third-order valence-electron chi connectivity index (χ3n) is 4.60. The lowest BCUT2D eigenvalue weighted by atomic mass is 10.00. The van der Waals surface area contributed by atoms with Crippen LogP contribution in [0.1, 0.15) is 49.2 Å². The Morgan fingerprint density at radius 1 is 1.43 bits per heavy atom. The van der Waals surface area contributed by atoms with Crippen molar-refractivity contribution in [2.24, 2.45) is 0 Å². The summed E-state index contributed by atoms with van der Waals surface area (Å²) in [5.74, 6) is 0.576. The first kappa shape index (κ1) is 14.5. The molecular weight excluding hydrogens is 270 g/mol. The summed E-state index contributed by atoms with van der Waals surface area (Å²) in [6.45, 7) is 7.46. The van der Waals surface area contributed by atoms with Gasteiger partial charge in [-0.05, 0) is 40.3 Å². The van der Waals surface area contributed by atoms with Crippen LogP contribution in [0.5, 0.6) is 0 Å². The normalized spacial score (nSPS) is 26.2. The summed E-state index contributed by atoms with van der Waals surface area (Å²) in [6, 6.07) is 0.1000. The molecule has 2 fully saturated rings. The molecule has 116 valence electrons. The zero-order valence-electron chi connectivity index (χ0n) is 12.9. The fourth-order valence-electron chi connectivity index (χ4n) is 2.91. The molecule has 0 aliphatic carbocycles. The van der Waals surface area contributed by atoms with Gasteiger partial charge in [0, 0.05) is 25.2 Å². The summed E-state index contributed by atoms with van der Waals surface area (Å²) < 4.78 is 5.25. The van der Waals surface area contributed by atoms with Crippen molar-refractivity contribution >= 4 is 5.91 Å². The van der Waals surface area contributed by atoms with Gasteiger partial charge in [-0.15, -0.1) is 0 Å². The minimum atomic E-state index is -0.135. The highest BCUT2D eigenvalue weighted by Gasteiger charge is 2.35. The number of nitrogens with one attached hydrogen (secondary N) is 1. The average molecular weight is 293 g/mol. The van der Waals surface area contributed by atoms with Gasteiger partial charge in [0.05, 0.1) is 6.04 Å². The Kier molecular flexibility index (Phi) is 3.71. The van der Waals surface area contributed by atoms with Crippen LogP contribution in [-0.2, 0) is 0 Å². The molecule has 3 heterocycles. The predicted molar refractivity (Wildman–Crippen MR) is 76.9 cm³/mol. The molecule has 7 heteroatoms. The zero-order valence-corrected chi connectivity index (χ0v) is 12.9. The van der Waals surface area contributed by atoms with E-state index in [1.54, 1.807) is 0 Å². The van der Waals surface area contributed by atoms with E-state index in [-0.39, 0.29) is 23.3 Å². The van der Waals surface area contributed by atoms with Crippen LogP contribution in [0, 0.1) is 0 Å². The van der Waals surface area contributed by atoms with Gasteiger partial charge in [0.15, 0.2) is 0 Å². The summed E-state index contributed by atoms with van der Waals surface area (Å²) >= 11 is 0. The molecular formula is C14H23N5O2. The second-order valence-corrected chi connectivity index (χ2v) is 6.57. The maximum atomic E-state index is 12.5. The van der Waals surface area contributed by atoms with Crippen LogP contribution < -0.4 is 5.32 Å².